The van der Waals surface area contributed by atoms with E-state index < -0.39 is 67.3 Å². The molecule has 3 N–H and O–H groups in total. The van der Waals surface area contributed by atoms with Crippen molar-refractivity contribution in [1.29, 1.82) is 0 Å². The number of hydrogen-bond donors (Lipinski definition) is 3. The first-order valence-electron chi connectivity index (χ1n) is 31.9. The van der Waals surface area contributed by atoms with Gasteiger partial charge in [-0.25, -0.2) is 4.79 Å². The summed E-state index contributed by atoms with van der Waals surface area (Å²) in [5.74, 6) is -3.17. The molecule has 0 spiro atoms. The highest BCUT2D eigenvalue weighted by Gasteiger charge is 2.50. The van der Waals surface area contributed by atoms with E-state index in [9.17, 15) is 34.5 Å². The summed E-state index contributed by atoms with van der Waals surface area (Å²) < 4.78 is 28.5. The van der Waals surface area contributed by atoms with Gasteiger partial charge in [-0.2, -0.15) is 0 Å². The number of aliphatic hydroxyl groups is 2. The minimum atomic E-state index is -1.92. The van der Waals surface area contributed by atoms with Crippen molar-refractivity contribution >= 4 is 23.9 Å². The second kappa shape index (κ2) is 55.9. The van der Waals surface area contributed by atoms with E-state index in [4.69, 9.17) is 23.7 Å². The molecule has 1 heterocycles. The topological polar surface area (TPSA) is 175 Å². The third-order valence-corrected chi connectivity index (χ3v) is 13.8. The van der Waals surface area contributed by atoms with Gasteiger partial charge in [0.05, 0.1) is 6.61 Å². The van der Waals surface area contributed by atoms with E-state index in [1.807, 2.05) is 0 Å². The third kappa shape index (κ3) is 45.6. The number of carboxylic acids is 1. The van der Waals surface area contributed by atoms with Gasteiger partial charge in [0, 0.05) is 19.3 Å². The molecule has 6 atom stereocenters. The van der Waals surface area contributed by atoms with Crippen LogP contribution in [0.25, 0.3) is 0 Å². The number of rotatable bonds is 53. The molecule has 460 valence electrons. The lowest BCUT2D eigenvalue weighted by atomic mass is 9.98. The number of aliphatic carboxylic acids is 1. The first kappa shape index (κ1) is 74.4. The summed E-state index contributed by atoms with van der Waals surface area (Å²) in [5, 5.41) is 31.6. The molecule has 0 aromatic rings. The second-order valence-electron chi connectivity index (χ2n) is 21.3. The summed E-state index contributed by atoms with van der Waals surface area (Å²) in [7, 11) is 0. The van der Waals surface area contributed by atoms with Crippen LogP contribution in [0.15, 0.2) is 109 Å². The van der Waals surface area contributed by atoms with E-state index in [1.54, 1.807) is 0 Å². The van der Waals surface area contributed by atoms with Gasteiger partial charge in [0.2, 0.25) is 0 Å². The van der Waals surface area contributed by atoms with Crippen LogP contribution >= 0.6 is 0 Å². The van der Waals surface area contributed by atoms with Crippen molar-refractivity contribution in [3.8, 4) is 0 Å². The largest absolute Gasteiger partial charge is 0.479 e. The Hall–Kier alpha value is -4.62. The van der Waals surface area contributed by atoms with Crippen molar-refractivity contribution in [2.75, 3.05) is 13.2 Å². The lowest BCUT2D eigenvalue weighted by Crippen LogP contribution is -2.61. The number of carbonyl (C=O) groups excluding carboxylic acids is 3. The molecule has 12 heteroatoms. The standard InChI is InChI=1S/C69H112O12/c1-4-7-10-13-16-19-22-25-28-30-31-33-35-37-40-43-46-49-52-55-61(70)77-58-60(79-62(71)56-53-50-47-44-41-39-36-32-29-26-23-20-17-14-11-8-5-2)59-78-69-67(65(74)64(73)66(81-69)68(75)76)80-63(72)57-54-51-48-45-42-38-34-27-24-21-18-15-12-9-6-3/h7-8,10-11,16-21,25-29,31,33-34,60,64-67,69,73-74H,4-6,9,12-15,22-24,30,32,35-59H2,1-3H3,(H,75,76)/b10-7-,11-8-,19-16-,20-17-,21-18-,28-25-,29-26-,33-31-,34-27-. The molecule has 0 radical (unpaired) electrons. The Morgan fingerprint density at radius 3 is 1.19 bits per heavy atom. The van der Waals surface area contributed by atoms with Crippen LogP contribution in [0, 0.1) is 0 Å². The SMILES string of the molecule is CC/C=C\C/C=C\C/C=C\C/C=C\CCCCCCCCC(=O)OCC(COC1OC(C(=O)O)C(O)C(O)C1OC(=O)CCCCCCC/C=C\C/C=C\CCCCC)OC(=O)CCCCCCCCC/C=C\C/C=C\C/C=C\CC. The molecule has 0 aromatic carbocycles. The molecule has 0 saturated carbocycles. The van der Waals surface area contributed by atoms with Crippen LogP contribution in [0.2, 0.25) is 0 Å². The molecular formula is C69H112O12. The van der Waals surface area contributed by atoms with E-state index in [0.29, 0.717) is 19.3 Å². The third-order valence-electron chi connectivity index (χ3n) is 13.8. The number of allylic oxidation sites excluding steroid dienone is 18. The Morgan fingerprint density at radius 2 is 0.778 bits per heavy atom. The molecule has 1 aliphatic rings. The number of carboxylic acid groups (broad SMARTS) is 1. The van der Waals surface area contributed by atoms with Gasteiger partial charge < -0.3 is 39.0 Å². The number of esters is 3. The Kier molecular flexibility index (Phi) is 51.3. The zero-order valence-electron chi connectivity index (χ0n) is 50.7. The molecule has 0 aromatic heterocycles. The molecule has 1 rings (SSSR count). The fourth-order valence-electron chi connectivity index (χ4n) is 8.99. The van der Waals surface area contributed by atoms with Crippen LogP contribution in [-0.4, -0.2) is 89.2 Å². The van der Waals surface area contributed by atoms with Gasteiger partial charge in [0.15, 0.2) is 24.6 Å². The fraction of sp³-hybridized carbons (Fsp3) is 0.681. The number of ether oxygens (including phenoxy) is 5. The minimum absolute atomic E-state index is 0.0372. The molecule has 0 amide bonds. The zero-order valence-corrected chi connectivity index (χ0v) is 50.7. The number of unbranched alkanes of at least 4 members (excludes halogenated alkanes) is 21. The summed E-state index contributed by atoms with van der Waals surface area (Å²) in [6.45, 7) is 5.73. The summed E-state index contributed by atoms with van der Waals surface area (Å²) >= 11 is 0. The van der Waals surface area contributed by atoms with Gasteiger partial charge >= 0.3 is 23.9 Å². The Labute approximate surface area is 491 Å². The van der Waals surface area contributed by atoms with Crippen molar-refractivity contribution in [3.63, 3.8) is 0 Å². The zero-order chi connectivity index (χ0) is 58.9. The predicted octanol–water partition coefficient (Wildman–Crippen LogP) is 17.0. The van der Waals surface area contributed by atoms with Gasteiger partial charge in [-0.3, -0.25) is 14.4 Å². The summed E-state index contributed by atoms with van der Waals surface area (Å²) in [5.41, 5.74) is 0. The highest BCUT2D eigenvalue weighted by atomic mass is 16.7. The van der Waals surface area contributed by atoms with E-state index in [-0.39, 0.29) is 25.9 Å². The van der Waals surface area contributed by atoms with E-state index in [1.165, 1.54) is 19.3 Å². The van der Waals surface area contributed by atoms with Crippen LogP contribution in [0.1, 0.15) is 252 Å². The normalized spacial score (nSPS) is 18.5. The van der Waals surface area contributed by atoms with Crippen molar-refractivity contribution < 1.29 is 58.2 Å². The van der Waals surface area contributed by atoms with Gasteiger partial charge in [-0.05, 0) is 122 Å². The first-order valence-corrected chi connectivity index (χ1v) is 31.9. The van der Waals surface area contributed by atoms with E-state index in [0.717, 1.165) is 173 Å². The quantitative estimate of drug-likeness (QED) is 0.0228. The van der Waals surface area contributed by atoms with Crippen LogP contribution in [0.4, 0.5) is 0 Å². The highest BCUT2D eigenvalue weighted by Crippen LogP contribution is 2.26. The first-order chi connectivity index (χ1) is 39.6. The minimum Gasteiger partial charge on any atom is -0.479 e. The maximum absolute atomic E-state index is 13.2. The summed E-state index contributed by atoms with van der Waals surface area (Å²) in [6.07, 6.45) is 63.2. The van der Waals surface area contributed by atoms with Crippen LogP contribution in [0.5, 0.6) is 0 Å². The van der Waals surface area contributed by atoms with Gasteiger partial charge in [-0.15, -0.1) is 0 Å². The molecule has 1 saturated heterocycles. The summed E-state index contributed by atoms with van der Waals surface area (Å²) in [6, 6.07) is 0. The maximum atomic E-state index is 13.2. The van der Waals surface area contributed by atoms with Crippen LogP contribution in [-0.2, 0) is 42.9 Å². The van der Waals surface area contributed by atoms with Crippen molar-refractivity contribution in [2.24, 2.45) is 0 Å². The van der Waals surface area contributed by atoms with Crippen molar-refractivity contribution in [2.45, 2.75) is 289 Å². The molecular weight excluding hydrogens is 1020 g/mol. The Bertz CT molecular complexity index is 1820. The van der Waals surface area contributed by atoms with Crippen LogP contribution < -0.4 is 0 Å². The highest BCUT2D eigenvalue weighted by molar-refractivity contribution is 5.74. The Morgan fingerprint density at radius 1 is 0.420 bits per heavy atom. The average Bonchev–Trinajstić information content (AvgIpc) is 3.53. The molecule has 81 heavy (non-hydrogen) atoms. The average molecular weight is 1130 g/mol. The molecule has 1 fully saturated rings. The van der Waals surface area contributed by atoms with Gasteiger partial charge in [-0.1, -0.05) is 220 Å². The second-order valence-corrected chi connectivity index (χ2v) is 21.3. The monoisotopic (exact) mass is 1130 g/mol. The van der Waals surface area contributed by atoms with Gasteiger partial charge in [0.25, 0.3) is 0 Å². The molecule has 0 aliphatic carbocycles. The fourth-order valence-corrected chi connectivity index (χ4v) is 8.99. The molecule has 1 aliphatic heterocycles. The smallest absolute Gasteiger partial charge is 0.335 e. The van der Waals surface area contributed by atoms with Crippen LogP contribution in [0.3, 0.4) is 0 Å². The van der Waals surface area contributed by atoms with Crippen molar-refractivity contribution in [1.82, 2.24) is 0 Å². The van der Waals surface area contributed by atoms with E-state index in [2.05, 4.69) is 130 Å². The van der Waals surface area contributed by atoms with Crippen molar-refractivity contribution in [3.05, 3.63) is 109 Å². The number of carbonyl (C=O) groups is 4. The lowest BCUT2D eigenvalue weighted by molar-refractivity contribution is -0.301. The maximum Gasteiger partial charge on any atom is 0.335 e. The number of aliphatic hydroxyl groups excluding tert-OH is 2. The summed E-state index contributed by atoms with van der Waals surface area (Å²) in [4.78, 5) is 51.3. The molecule has 6 unspecified atom stereocenters. The number of hydrogen-bond acceptors (Lipinski definition) is 11. The van der Waals surface area contributed by atoms with Gasteiger partial charge in [0.1, 0.15) is 18.8 Å². The molecule has 0 bridgehead atoms. The Balaban J connectivity index is 2.70. The predicted molar refractivity (Wildman–Crippen MR) is 330 cm³/mol. The molecule has 12 nitrogen and oxygen atoms in total. The lowest BCUT2D eigenvalue weighted by Gasteiger charge is -2.40. The van der Waals surface area contributed by atoms with E-state index >= 15 is 0 Å².